The number of hydrogen-bond donors (Lipinski definition) is 0. The molecule has 0 atom stereocenters. The Bertz CT molecular complexity index is 439. The van der Waals surface area contributed by atoms with E-state index in [1.807, 2.05) is 12.2 Å². The van der Waals surface area contributed by atoms with E-state index in [1.54, 1.807) is 12.2 Å². The summed E-state index contributed by atoms with van der Waals surface area (Å²) in [6, 6.07) is 0. The molecule has 0 aliphatic rings. The lowest BCUT2D eigenvalue weighted by Gasteiger charge is -2.28. The molecular weight excluding hydrogens is 356 g/mol. The molecule has 0 saturated carbocycles. The molecule has 29 heavy (non-hydrogen) atoms. The zero-order valence-corrected chi connectivity index (χ0v) is 19.7. The highest BCUT2D eigenvalue weighted by molar-refractivity contribution is 5.99. The van der Waals surface area contributed by atoms with Crippen molar-refractivity contribution in [3.05, 3.63) is 24.3 Å². The van der Waals surface area contributed by atoms with E-state index in [9.17, 15) is 9.59 Å². The van der Waals surface area contributed by atoms with E-state index in [1.165, 1.54) is 38.4 Å². The number of ketones is 1. The van der Waals surface area contributed by atoms with Gasteiger partial charge in [-0.25, -0.2) is 0 Å². The largest absolute Gasteiger partial charge is 0.303 e. The minimum Gasteiger partial charge on any atom is -0.303 e. The molecule has 0 amide bonds. The first kappa shape index (κ1) is 27.8. The third kappa shape index (κ3) is 16.3. The second-order valence-corrected chi connectivity index (χ2v) is 8.70. The second kappa shape index (κ2) is 20.1. The molecule has 0 aromatic carbocycles. The third-order valence-electron chi connectivity index (χ3n) is 5.89. The second-order valence-electron chi connectivity index (χ2n) is 8.70. The fourth-order valence-electron chi connectivity index (χ4n) is 3.85. The average molecular weight is 405 g/mol. The standard InChI is InChI=1S/C27H48O2/c1-4-7-10-11-12-14-17-20-26(29)21-18-15-13-16-19-24-27(25-28,22-8-5-2)23-9-6-3/h17-18,20-21,25H,4-16,19,22-24H2,1-3H3. The van der Waals surface area contributed by atoms with Crippen molar-refractivity contribution in [3.8, 4) is 0 Å². The minimum absolute atomic E-state index is 0.0842. The molecule has 2 nitrogen and oxygen atoms in total. The van der Waals surface area contributed by atoms with Gasteiger partial charge < -0.3 is 4.79 Å². The summed E-state index contributed by atoms with van der Waals surface area (Å²) in [6.07, 6.45) is 28.1. The molecule has 0 spiro atoms. The van der Waals surface area contributed by atoms with Crippen molar-refractivity contribution in [2.75, 3.05) is 0 Å². The van der Waals surface area contributed by atoms with Gasteiger partial charge >= 0.3 is 0 Å². The smallest absolute Gasteiger partial charge is 0.177 e. The number of aldehydes is 1. The Balaban J connectivity index is 3.96. The fraction of sp³-hybridized carbons (Fsp3) is 0.778. The Labute approximate surface area is 181 Å². The molecule has 0 aromatic heterocycles. The summed E-state index contributed by atoms with van der Waals surface area (Å²) in [5, 5.41) is 0. The topological polar surface area (TPSA) is 34.1 Å². The molecule has 0 rings (SSSR count). The van der Waals surface area contributed by atoms with Gasteiger partial charge in [0.05, 0.1) is 0 Å². The van der Waals surface area contributed by atoms with Crippen molar-refractivity contribution in [2.45, 2.75) is 130 Å². The van der Waals surface area contributed by atoms with Gasteiger partial charge in [0.2, 0.25) is 0 Å². The van der Waals surface area contributed by atoms with Crippen LogP contribution in [0.3, 0.4) is 0 Å². The Morgan fingerprint density at radius 2 is 1.07 bits per heavy atom. The summed E-state index contributed by atoms with van der Waals surface area (Å²) in [7, 11) is 0. The van der Waals surface area contributed by atoms with Crippen LogP contribution in [0.1, 0.15) is 130 Å². The molecule has 0 aliphatic carbocycles. The van der Waals surface area contributed by atoms with E-state index in [4.69, 9.17) is 0 Å². The van der Waals surface area contributed by atoms with Crippen LogP contribution < -0.4 is 0 Å². The Hall–Kier alpha value is -1.18. The van der Waals surface area contributed by atoms with Crippen LogP contribution >= 0.6 is 0 Å². The first-order valence-corrected chi connectivity index (χ1v) is 12.5. The lowest BCUT2D eigenvalue weighted by Crippen LogP contribution is -2.23. The number of carbonyl (C=O) groups excluding carboxylic acids is 2. The van der Waals surface area contributed by atoms with Crippen LogP contribution in [-0.2, 0) is 9.59 Å². The van der Waals surface area contributed by atoms with Crippen LogP contribution in [0.5, 0.6) is 0 Å². The highest BCUT2D eigenvalue weighted by Crippen LogP contribution is 2.34. The fourth-order valence-corrected chi connectivity index (χ4v) is 3.85. The highest BCUT2D eigenvalue weighted by atomic mass is 16.1. The van der Waals surface area contributed by atoms with E-state index in [0.717, 1.165) is 77.0 Å². The summed E-state index contributed by atoms with van der Waals surface area (Å²) >= 11 is 0. The lowest BCUT2D eigenvalue weighted by molar-refractivity contribution is -0.117. The van der Waals surface area contributed by atoms with Gasteiger partial charge in [0.15, 0.2) is 5.78 Å². The zero-order chi connectivity index (χ0) is 21.6. The maximum absolute atomic E-state index is 11.8. The maximum Gasteiger partial charge on any atom is 0.177 e. The van der Waals surface area contributed by atoms with Gasteiger partial charge in [-0.1, -0.05) is 97.1 Å². The van der Waals surface area contributed by atoms with Crippen LogP contribution in [0.25, 0.3) is 0 Å². The summed E-state index contributed by atoms with van der Waals surface area (Å²) in [4.78, 5) is 23.6. The van der Waals surface area contributed by atoms with Gasteiger partial charge in [-0.15, -0.1) is 0 Å². The van der Waals surface area contributed by atoms with Crippen LogP contribution in [0.4, 0.5) is 0 Å². The molecule has 0 N–H and O–H groups in total. The molecule has 0 unspecified atom stereocenters. The van der Waals surface area contributed by atoms with Crippen LogP contribution in [-0.4, -0.2) is 12.1 Å². The van der Waals surface area contributed by atoms with Crippen LogP contribution in [0, 0.1) is 5.41 Å². The monoisotopic (exact) mass is 404 g/mol. The molecule has 0 heterocycles. The number of hydrogen-bond acceptors (Lipinski definition) is 2. The molecule has 2 heteroatoms. The quantitative estimate of drug-likeness (QED) is 0.109. The first-order valence-electron chi connectivity index (χ1n) is 12.5. The minimum atomic E-state index is -0.0842. The third-order valence-corrected chi connectivity index (χ3v) is 5.89. The normalized spacial score (nSPS) is 12.2. The molecule has 0 saturated heterocycles. The molecule has 0 fully saturated rings. The van der Waals surface area contributed by atoms with E-state index in [2.05, 4.69) is 20.8 Å². The molecule has 168 valence electrons. The average Bonchev–Trinajstić information content (AvgIpc) is 2.74. The van der Waals surface area contributed by atoms with E-state index in [-0.39, 0.29) is 11.2 Å². The lowest BCUT2D eigenvalue weighted by atomic mass is 9.75. The van der Waals surface area contributed by atoms with E-state index < -0.39 is 0 Å². The summed E-state index contributed by atoms with van der Waals surface area (Å²) in [5.74, 6) is 0.109. The molecule has 0 aliphatic heterocycles. The number of carbonyl (C=O) groups is 2. The van der Waals surface area contributed by atoms with Gasteiger partial charge in [0, 0.05) is 5.41 Å². The maximum atomic E-state index is 11.8. The van der Waals surface area contributed by atoms with Crippen LogP contribution in [0.15, 0.2) is 24.3 Å². The highest BCUT2D eigenvalue weighted by Gasteiger charge is 2.27. The predicted octanol–water partition coefficient (Wildman–Crippen LogP) is 8.54. The van der Waals surface area contributed by atoms with Crippen molar-refractivity contribution in [3.63, 3.8) is 0 Å². The predicted molar refractivity (Wildman–Crippen MR) is 127 cm³/mol. The van der Waals surface area contributed by atoms with Gasteiger partial charge in [-0.05, 0) is 57.1 Å². The van der Waals surface area contributed by atoms with Crippen molar-refractivity contribution in [2.24, 2.45) is 5.41 Å². The van der Waals surface area contributed by atoms with Gasteiger partial charge in [-0.3, -0.25) is 4.79 Å². The molecular formula is C27H48O2. The SMILES string of the molecule is CCCCCCCC=CC(=O)C=CCCCCCC(C=O)(CCCC)CCCC. The van der Waals surface area contributed by atoms with Crippen molar-refractivity contribution < 1.29 is 9.59 Å². The van der Waals surface area contributed by atoms with Gasteiger partial charge in [0.1, 0.15) is 6.29 Å². The Kier molecular flexibility index (Phi) is 19.3. The van der Waals surface area contributed by atoms with Crippen molar-refractivity contribution in [1.29, 1.82) is 0 Å². The van der Waals surface area contributed by atoms with Crippen LogP contribution in [0.2, 0.25) is 0 Å². The van der Waals surface area contributed by atoms with Gasteiger partial charge in [0.25, 0.3) is 0 Å². The molecule has 0 aromatic rings. The summed E-state index contributed by atoms with van der Waals surface area (Å²) in [5.41, 5.74) is -0.0842. The number of unbranched alkanes of at least 4 members (excludes halogenated alkanes) is 10. The first-order chi connectivity index (χ1) is 14.1. The Morgan fingerprint density at radius 3 is 1.55 bits per heavy atom. The number of rotatable bonds is 21. The number of allylic oxidation sites excluding steroid dienone is 4. The van der Waals surface area contributed by atoms with E-state index >= 15 is 0 Å². The summed E-state index contributed by atoms with van der Waals surface area (Å²) in [6.45, 7) is 6.63. The molecule has 0 bridgehead atoms. The zero-order valence-electron chi connectivity index (χ0n) is 19.7. The Morgan fingerprint density at radius 1 is 0.621 bits per heavy atom. The van der Waals surface area contributed by atoms with Gasteiger partial charge in [-0.2, -0.15) is 0 Å². The van der Waals surface area contributed by atoms with Crippen molar-refractivity contribution >= 4 is 12.1 Å². The molecule has 0 radical (unpaired) electrons. The summed E-state index contributed by atoms with van der Waals surface area (Å²) < 4.78 is 0. The van der Waals surface area contributed by atoms with Crippen molar-refractivity contribution in [1.82, 2.24) is 0 Å². The van der Waals surface area contributed by atoms with E-state index in [0.29, 0.717) is 0 Å².